The first-order valence-corrected chi connectivity index (χ1v) is 10.1. The van der Waals surface area contributed by atoms with Gasteiger partial charge in [0.1, 0.15) is 0 Å². The van der Waals surface area contributed by atoms with Crippen molar-refractivity contribution in [2.45, 2.75) is 44.8 Å². The molecule has 5 nitrogen and oxygen atoms in total. The highest BCUT2D eigenvalue weighted by Gasteiger charge is 2.21. The van der Waals surface area contributed by atoms with E-state index < -0.39 is 0 Å². The fraction of sp³-hybridized carbons (Fsp3) is 0.667. The van der Waals surface area contributed by atoms with Crippen LogP contribution in [0.5, 0.6) is 0 Å². The lowest BCUT2D eigenvalue weighted by atomic mass is 10.1. The molecule has 0 bridgehead atoms. The van der Waals surface area contributed by atoms with Gasteiger partial charge in [0.05, 0.1) is 6.54 Å². The predicted octanol–water partition coefficient (Wildman–Crippen LogP) is 1.92. The number of nitrogens with one attached hydrogen (secondary N) is 1. The SMILES string of the molecule is CN(Cc1ccccc1CN1CCCC1)C(=O)CN(C)C1CCNCC1. The number of rotatable bonds is 7. The Kier molecular flexibility index (Phi) is 7.06. The van der Waals surface area contributed by atoms with Gasteiger partial charge in [0.2, 0.25) is 5.91 Å². The van der Waals surface area contributed by atoms with Crippen LogP contribution in [-0.4, -0.2) is 73.5 Å². The standard InChI is InChI=1S/C21H34N4O/c1-23(20-9-11-22-12-10-20)17-21(26)24(2)15-18-7-3-4-8-19(18)16-25-13-5-6-14-25/h3-4,7-8,20,22H,5-6,9-17H2,1-2H3. The quantitative estimate of drug-likeness (QED) is 0.808. The summed E-state index contributed by atoms with van der Waals surface area (Å²) < 4.78 is 0. The summed E-state index contributed by atoms with van der Waals surface area (Å²) in [5, 5.41) is 3.39. The number of amides is 1. The predicted molar refractivity (Wildman–Crippen MR) is 106 cm³/mol. The molecule has 1 amide bonds. The van der Waals surface area contributed by atoms with E-state index in [-0.39, 0.29) is 5.91 Å². The zero-order valence-electron chi connectivity index (χ0n) is 16.4. The van der Waals surface area contributed by atoms with Crippen molar-refractivity contribution in [2.24, 2.45) is 0 Å². The largest absolute Gasteiger partial charge is 0.340 e. The zero-order valence-corrected chi connectivity index (χ0v) is 16.4. The fourth-order valence-corrected chi connectivity index (χ4v) is 4.10. The summed E-state index contributed by atoms with van der Waals surface area (Å²) in [4.78, 5) is 19.4. The first kappa shape index (κ1) is 19.3. The highest BCUT2D eigenvalue weighted by molar-refractivity contribution is 5.78. The molecule has 5 heteroatoms. The van der Waals surface area contributed by atoms with Crippen molar-refractivity contribution in [1.29, 1.82) is 0 Å². The van der Waals surface area contributed by atoms with Crippen molar-refractivity contribution in [3.05, 3.63) is 35.4 Å². The third-order valence-electron chi connectivity index (χ3n) is 5.86. The fourth-order valence-electron chi connectivity index (χ4n) is 4.10. The molecule has 3 rings (SSSR count). The molecule has 144 valence electrons. The van der Waals surface area contributed by atoms with Crippen LogP contribution >= 0.6 is 0 Å². The van der Waals surface area contributed by atoms with E-state index in [0.29, 0.717) is 19.1 Å². The molecule has 0 spiro atoms. The summed E-state index contributed by atoms with van der Waals surface area (Å²) >= 11 is 0. The Morgan fingerprint density at radius 2 is 1.77 bits per heavy atom. The number of likely N-dealkylation sites (N-methyl/N-ethyl adjacent to an activating group) is 2. The lowest BCUT2D eigenvalue weighted by molar-refractivity contribution is -0.132. The molecule has 2 saturated heterocycles. The molecular formula is C21H34N4O. The van der Waals surface area contributed by atoms with Gasteiger partial charge in [0, 0.05) is 26.2 Å². The van der Waals surface area contributed by atoms with Gasteiger partial charge in [-0.2, -0.15) is 0 Å². The molecule has 2 heterocycles. The number of piperidine rings is 1. The van der Waals surface area contributed by atoms with E-state index in [1.54, 1.807) is 0 Å². The van der Waals surface area contributed by atoms with Gasteiger partial charge < -0.3 is 10.2 Å². The van der Waals surface area contributed by atoms with Gasteiger partial charge >= 0.3 is 0 Å². The third-order valence-corrected chi connectivity index (χ3v) is 5.86. The molecule has 26 heavy (non-hydrogen) atoms. The second kappa shape index (κ2) is 9.49. The van der Waals surface area contributed by atoms with E-state index >= 15 is 0 Å². The highest BCUT2D eigenvalue weighted by atomic mass is 16.2. The van der Waals surface area contributed by atoms with E-state index in [4.69, 9.17) is 0 Å². The summed E-state index contributed by atoms with van der Waals surface area (Å²) in [5.74, 6) is 0.210. The molecule has 1 aromatic carbocycles. The number of benzene rings is 1. The van der Waals surface area contributed by atoms with E-state index in [1.807, 2.05) is 11.9 Å². The molecule has 0 atom stereocenters. The normalized spacial score (nSPS) is 19.2. The molecule has 2 aliphatic rings. The Balaban J connectivity index is 1.54. The van der Waals surface area contributed by atoms with Gasteiger partial charge in [0.15, 0.2) is 0 Å². The van der Waals surface area contributed by atoms with Crippen LogP contribution in [0.1, 0.15) is 36.8 Å². The first-order valence-electron chi connectivity index (χ1n) is 10.1. The van der Waals surface area contributed by atoms with Gasteiger partial charge in [0.25, 0.3) is 0 Å². The third kappa shape index (κ3) is 5.29. The average molecular weight is 359 g/mol. The number of carbonyl (C=O) groups is 1. The van der Waals surface area contributed by atoms with Crippen LogP contribution in [0, 0.1) is 0 Å². The number of hydrogen-bond donors (Lipinski definition) is 1. The van der Waals surface area contributed by atoms with Crippen LogP contribution in [0.3, 0.4) is 0 Å². The molecule has 0 unspecified atom stereocenters. The second-order valence-electron chi connectivity index (χ2n) is 7.90. The van der Waals surface area contributed by atoms with Crippen LogP contribution in [0.15, 0.2) is 24.3 Å². The molecular weight excluding hydrogens is 324 g/mol. The minimum absolute atomic E-state index is 0.210. The maximum Gasteiger partial charge on any atom is 0.236 e. The molecule has 2 fully saturated rings. The summed E-state index contributed by atoms with van der Waals surface area (Å²) in [5.41, 5.74) is 2.64. The minimum Gasteiger partial charge on any atom is -0.340 e. The van der Waals surface area contributed by atoms with Gasteiger partial charge in [-0.25, -0.2) is 0 Å². The van der Waals surface area contributed by atoms with Crippen molar-refractivity contribution >= 4 is 5.91 Å². The molecule has 1 N–H and O–H groups in total. The highest BCUT2D eigenvalue weighted by Crippen LogP contribution is 2.17. The Hall–Kier alpha value is -1.43. The summed E-state index contributed by atoms with van der Waals surface area (Å²) in [6.07, 6.45) is 4.88. The maximum absolute atomic E-state index is 12.7. The van der Waals surface area contributed by atoms with Gasteiger partial charge in [-0.05, 0) is 70.0 Å². The van der Waals surface area contributed by atoms with Crippen LogP contribution in [0.4, 0.5) is 0 Å². The van der Waals surface area contributed by atoms with Gasteiger partial charge in [-0.3, -0.25) is 14.6 Å². The van der Waals surface area contributed by atoms with Crippen molar-refractivity contribution in [1.82, 2.24) is 20.0 Å². The monoisotopic (exact) mass is 358 g/mol. The van der Waals surface area contributed by atoms with E-state index in [0.717, 1.165) is 32.5 Å². The molecule has 0 saturated carbocycles. The topological polar surface area (TPSA) is 38.8 Å². The van der Waals surface area contributed by atoms with Gasteiger partial charge in [-0.15, -0.1) is 0 Å². The Bertz CT molecular complexity index is 579. The Labute approximate surface area is 158 Å². The van der Waals surface area contributed by atoms with E-state index in [2.05, 4.69) is 46.4 Å². The van der Waals surface area contributed by atoms with Crippen molar-refractivity contribution in [2.75, 3.05) is 46.8 Å². The summed E-state index contributed by atoms with van der Waals surface area (Å²) in [6, 6.07) is 9.11. The number of likely N-dealkylation sites (tertiary alicyclic amines) is 1. The zero-order chi connectivity index (χ0) is 18.4. The Morgan fingerprint density at radius 1 is 1.12 bits per heavy atom. The number of hydrogen-bond acceptors (Lipinski definition) is 4. The average Bonchev–Trinajstić information content (AvgIpc) is 3.17. The first-order chi connectivity index (χ1) is 12.6. The maximum atomic E-state index is 12.7. The molecule has 1 aromatic rings. The van der Waals surface area contributed by atoms with Crippen LogP contribution in [0.25, 0.3) is 0 Å². The van der Waals surface area contributed by atoms with E-state index in [1.165, 1.54) is 37.1 Å². The van der Waals surface area contributed by atoms with E-state index in [9.17, 15) is 4.79 Å². The van der Waals surface area contributed by atoms with Crippen LogP contribution in [-0.2, 0) is 17.9 Å². The molecule has 0 aromatic heterocycles. The van der Waals surface area contributed by atoms with Crippen molar-refractivity contribution in [3.63, 3.8) is 0 Å². The smallest absolute Gasteiger partial charge is 0.236 e. The van der Waals surface area contributed by atoms with Crippen LogP contribution in [0.2, 0.25) is 0 Å². The summed E-state index contributed by atoms with van der Waals surface area (Å²) in [7, 11) is 4.02. The lowest BCUT2D eigenvalue weighted by Crippen LogP contribution is -2.45. The minimum atomic E-state index is 0.210. The Morgan fingerprint density at radius 3 is 2.46 bits per heavy atom. The lowest BCUT2D eigenvalue weighted by Gasteiger charge is -2.32. The van der Waals surface area contributed by atoms with Crippen molar-refractivity contribution in [3.8, 4) is 0 Å². The molecule has 0 aliphatic carbocycles. The number of carbonyl (C=O) groups excluding carboxylic acids is 1. The molecule has 0 radical (unpaired) electrons. The van der Waals surface area contributed by atoms with Gasteiger partial charge in [-0.1, -0.05) is 24.3 Å². The number of nitrogens with zero attached hydrogens (tertiary/aromatic N) is 3. The second-order valence-corrected chi connectivity index (χ2v) is 7.90. The van der Waals surface area contributed by atoms with Crippen molar-refractivity contribution < 1.29 is 4.79 Å². The summed E-state index contributed by atoms with van der Waals surface area (Å²) in [6.45, 7) is 6.73. The molecule has 2 aliphatic heterocycles. The van der Waals surface area contributed by atoms with Crippen LogP contribution < -0.4 is 5.32 Å².